The number of morpholine rings is 1. The van der Waals surface area contributed by atoms with E-state index in [-0.39, 0.29) is 6.10 Å². The lowest BCUT2D eigenvalue weighted by atomic mass is 10.1. The van der Waals surface area contributed by atoms with E-state index in [9.17, 15) is 5.11 Å². The van der Waals surface area contributed by atoms with Crippen LogP contribution in [-0.4, -0.2) is 71.1 Å². The Morgan fingerprint density at radius 3 is 2.96 bits per heavy atom. The van der Waals surface area contributed by atoms with Crippen molar-refractivity contribution in [3.05, 3.63) is 29.6 Å². The molecule has 0 aliphatic carbocycles. The summed E-state index contributed by atoms with van der Waals surface area (Å²) in [5.74, 6) is 0. The van der Waals surface area contributed by atoms with Gasteiger partial charge in [0.2, 0.25) is 0 Å². The van der Waals surface area contributed by atoms with Gasteiger partial charge in [0, 0.05) is 26.2 Å². The fourth-order valence-corrected chi connectivity index (χ4v) is 3.35. The van der Waals surface area contributed by atoms with Crippen LogP contribution in [0.2, 0.25) is 0 Å². The largest absolute Gasteiger partial charge is 0.390 e. The number of rotatable bonds is 7. The van der Waals surface area contributed by atoms with Crippen molar-refractivity contribution in [3.8, 4) is 0 Å². The van der Waals surface area contributed by atoms with Crippen LogP contribution < -0.4 is 5.32 Å². The van der Waals surface area contributed by atoms with Crippen molar-refractivity contribution < 1.29 is 9.84 Å². The van der Waals surface area contributed by atoms with Gasteiger partial charge in [-0.15, -0.1) is 0 Å². The number of ether oxygens (including phenoxy) is 1. The number of benzene rings is 1. The zero-order valence-corrected chi connectivity index (χ0v) is 15.5. The van der Waals surface area contributed by atoms with Gasteiger partial charge in [0.05, 0.1) is 42.7 Å². The first-order valence-corrected chi connectivity index (χ1v) is 9.21. The molecule has 0 spiro atoms. The molecule has 1 aromatic carbocycles. The third-order valence-corrected chi connectivity index (χ3v) is 5.07. The Bertz CT molecular complexity index is 700. The zero-order chi connectivity index (χ0) is 17.8. The Morgan fingerprint density at radius 2 is 2.16 bits per heavy atom. The molecule has 2 heterocycles. The van der Waals surface area contributed by atoms with Crippen LogP contribution in [0.25, 0.3) is 11.0 Å². The highest BCUT2D eigenvalue weighted by molar-refractivity contribution is 5.77. The van der Waals surface area contributed by atoms with E-state index in [1.807, 2.05) is 10.9 Å². The molecule has 2 aromatic rings. The molecule has 25 heavy (non-hydrogen) atoms. The Hall–Kier alpha value is -1.47. The fraction of sp³-hybridized carbons (Fsp3) is 0.632. The first-order valence-electron chi connectivity index (χ1n) is 9.21. The second kappa shape index (κ2) is 8.27. The molecule has 1 aromatic heterocycles. The van der Waals surface area contributed by atoms with Crippen LogP contribution in [0.15, 0.2) is 18.5 Å². The van der Waals surface area contributed by atoms with Crippen molar-refractivity contribution in [2.45, 2.75) is 39.5 Å². The summed E-state index contributed by atoms with van der Waals surface area (Å²) in [6.45, 7) is 12.1. The normalized spacial score (nSPS) is 20.2. The molecule has 1 aliphatic rings. The van der Waals surface area contributed by atoms with E-state index in [1.165, 1.54) is 11.1 Å². The average molecular weight is 346 g/mol. The molecular weight excluding hydrogens is 316 g/mol. The minimum atomic E-state index is -0.454. The van der Waals surface area contributed by atoms with Crippen molar-refractivity contribution >= 4 is 11.0 Å². The van der Waals surface area contributed by atoms with Gasteiger partial charge in [-0.1, -0.05) is 6.92 Å². The molecule has 3 rings (SSSR count). The number of aliphatic hydroxyl groups excluding tert-OH is 1. The lowest BCUT2D eigenvalue weighted by Crippen LogP contribution is -2.47. The van der Waals surface area contributed by atoms with Gasteiger partial charge in [-0.25, -0.2) is 4.98 Å². The monoisotopic (exact) mass is 346 g/mol. The fourth-order valence-electron chi connectivity index (χ4n) is 3.35. The lowest BCUT2D eigenvalue weighted by Gasteiger charge is -2.32. The van der Waals surface area contributed by atoms with Gasteiger partial charge in [-0.05, 0) is 43.7 Å². The first kappa shape index (κ1) is 18.3. The maximum Gasteiger partial charge on any atom is 0.0959 e. The summed E-state index contributed by atoms with van der Waals surface area (Å²) in [6, 6.07) is 4.25. The molecule has 6 heteroatoms. The minimum absolute atomic E-state index is 0.209. The molecule has 6 nitrogen and oxygen atoms in total. The summed E-state index contributed by atoms with van der Waals surface area (Å²) in [6.07, 6.45) is 1.57. The van der Waals surface area contributed by atoms with Crippen molar-refractivity contribution in [1.82, 2.24) is 19.8 Å². The molecule has 2 atom stereocenters. The summed E-state index contributed by atoms with van der Waals surface area (Å²) in [4.78, 5) is 6.85. The number of imidazole rings is 1. The molecule has 1 saturated heterocycles. The minimum Gasteiger partial charge on any atom is -0.390 e. The van der Waals surface area contributed by atoms with E-state index < -0.39 is 6.10 Å². The molecular formula is C19H30N4O2. The number of aliphatic hydroxyl groups is 1. The van der Waals surface area contributed by atoms with Crippen molar-refractivity contribution in [1.29, 1.82) is 0 Å². The highest BCUT2D eigenvalue weighted by Crippen LogP contribution is 2.18. The van der Waals surface area contributed by atoms with Gasteiger partial charge >= 0.3 is 0 Å². The number of fused-ring (bicyclic) bond motifs is 1. The molecule has 1 fully saturated rings. The predicted octanol–water partition coefficient (Wildman–Crippen LogP) is 1.32. The number of aryl methyl sites for hydroxylation is 2. The van der Waals surface area contributed by atoms with Crippen molar-refractivity contribution in [2.75, 3.05) is 39.3 Å². The third kappa shape index (κ3) is 4.58. The van der Waals surface area contributed by atoms with Crippen LogP contribution in [0.4, 0.5) is 0 Å². The SMILES string of the molecule is CCN1CCOC(CNCC(O)Cn2cnc3cc(C)c(C)cc32)C1. The van der Waals surface area contributed by atoms with Gasteiger partial charge in [0.25, 0.3) is 0 Å². The van der Waals surface area contributed by atoms with Gasteiger partial charge in [0.15, 0.2) is 0 Å². The maximum absolute atomic E-state index is 10.4. The quantitative estimate of drug-likeness (QED) is 0.792. The van der Waals surface area contributed by atoms with E-state index in [4.69, 9.17) is 4.74 Å². The number of nitrogens with zero attached hydrogens (tertiary/aromatic N) is 3. The Kier molecular flexibility index (Phi) is 6.06. The second-order valence-corrected chi connectivity index (χ2v) is 7.02. The Morgan fingerprint density at radius 1 is 1.36 bits per heavy atom. The predicted molar refractivity (Wildman–Crippen MR) is 99.9 cm³/mol. The summed E-state index contributed by atoms with van der Waals surface area (Å²) < 4.78 is 7.81. The molecule has 1 aliphatic heterocycles. The third-order valence-electron chi connectivity index (χ3n) is 5.07. The number of likely N-dealkylation sites (N-methyl/N-ethyl adjacent to an activating group) is 1. The smallest absolute Gasteiger partial charge is 0.0959 e. The second-order valence-electron chi connectivity index (χ2n) is 7.02. The summed E-state index contributed by atoms with van der Waals surface area (Å²) >= 11 is 0. The van der Waals surface area contributed by atoms with Crippen LogP contribution >= 0.6 is 0 Å². The van der Waals surface area contributed by atoms with Crippen LogP contribution in [0.3, 0.4) is 0 Å². The molecule has 2 unspecified atom stereocenters. The summed E-state index contributed by atoms with van der Waals surface area (Å²) in [5.41, 5.74) is 4.56. The first-order chi connectivity index (χ1) is 12.1. The van der Waals surface area contributed by atoms with E-state index in [1.54, 1.807) is 0 Å². The van der Waals surface area contributed by atoms with Crippen LogP contribution in [0.1, 0.15) is 18.1 Å². The number of hydrogen-bond donors (Lipinski definition) is 2. The van der Waals surface area contributed by atoms with Crippen molar-refractivity contribution in [3.63, 3.8) is 0 Å². The van der Waals surface area contributed by atoms with Gasteiger partial charge in [-0.3, -0.25) is 4.90 Å². The van der Waals surface area contributed by atoms with Crippen LogP contribution in [0.5, 0.6) is 0 Å². The zero-order valence-electron chi connectivity index (χ0n) is 15.5. The molecule has 138 valence electrons. The van der Waals surface area contributed by atoms with E-state index in [2.05, 4.69) is 48.1 Å². The summed E-state index contributed by atoms with van der Waals surface area (Å²) in [7, 11) is 0. The van der Waals surface area contributed by atoms with E-state index in [0.29, 0.717) is 13.1 Å². The topological polar surface area (TPSA) is 62.6 Å². The molecule has 2 N–H and O–H groups in total. The standard InChI is InChI=1S/C19H30N4O2/c1-4-22-5-6-25-17(12-22)10-20-9-16(24)11-23-13-21-18-7-14(2)15(3)8-19(18)23/h7-8,13,16-17,20,24H,4-6,9-12H2,1-3H3. The van der Waals surface area contributed by atoms with Gasteiger partial charge in [-0.2, -0.15) is 0 Å². The van der Waals surface area contributed by atoms with Crippen molar-refractivity contribution in [2.24, 2.45) is 0 Å². The number of nitrogens with one attached hydrogen (secondary N) is 1. The lowest BCUT2D eigenvalue weighted by molar-refractivity contribution is -0.0263. The maximum atomic E-state index is 10.4. The number of aromatic nitrogens is 2. The molecule has 0 radical (unpaired) electrons. The highest BCUT2D eigenvalue weighted by atomic mass is 16.5. The average Bonchev–Trinajstić information content (AvgIpc) is 2.97. The molecule has 0 amide bonds. The van der Waals surface area contributed by atoms with Gasteiger partial charge in [0.1, 0.15) is 0 Å². The molecule has 0 bridgehead atoms. The van der Waals surface area contributed by atoms with E-state index in [0.717, 1.165) is 43.8 Å². The Labute approximate surface area is 149 Å². The number of hydrogen-bond acceptors (Lipinski definition) is 5. The summed E-state index contributed by atoms with van der Waals surface area (Å²) in [5, 5.41) is 13.7. The molecule has 0 saturated carbocycles. The highest BCUT2D eigenvalue weighted by Gasteiger charge is 2.19. The van der Waals surface area contributed by atoms with E-state index >= 15 is 0 Å². The van der Waals surface area contributed by atoms with Gasteiger partial charge < -0.3 is 19.7 Å². The van der Waals surface area contributed by atoms with Crippen LogP contribution in [0, 0.1) is 13.8 Å². The van der Waals surface area contributed by atoms with Crippen LogP contribution in [-0.2, 0) is 11.3 Å². The Balaban J connectivity index is 1.49.